The van der Waals surface area contributed by atoms with Crippen LogP contribution in [-0.2, 0) is 0 Å². The van der Waals surface area contributed by atoms with Gasteiger partial charge in [-0.3, -0.25) is 0 Å². The van der Waals surface area contributed by atoms with Crippen molar-refractivity contribution in [2.24, 2.45) is 0 Å². The highest BCUT2D eigenvalue weighted by atomic mass is 35.5. The van der Waals surface area contributed by atoms with Crippen LogP contribution in [0, 0.1) is 0 Å². The van der Waals surface area contributed by atoms with Gasteiger partial charge in [-0.1, -0.05) is 24.6 Å². The third kappa shape index (κ3) is 3.14. The van der Waals surface area contributed by atoms with Crippen molar-refractivity contribution in [2.75, 3.05) is 7.11 Å². The first-order valence-electron chi connectivity index (χ1n) is 6.21. The second-order valence-corrected chi connectivity index (χ2v) is 5.32. The fourth-order valence-electron chi connectivity index (χ4n) is 2.01. The topological polar surface area (TPSA) is 21.3 Å². The molecule has 0 saturated heterocycles. The average molecular weight is 254 g/mol. The molecule has 1 aromatic rings. The molecule has 1 N–H and O–H groups in total. The maximum atomic E-state index is 6.03. The maximum absolute atomic E-state index is 6.03. The van der Waals surface area contributed by atoms with Gasteiger partial charge in [0.15, 0.2) is 0 Å². The van der Waals surface area contributed by atoms with Crippen molar-refractivity contribution in [3.05, 3.63) is 28.8 Å². The van der Waals surface area contributed by atoms with Crippen molar-refractivity contribution >= 4 is 11.6 Å². The van der Waals surface area contributed by atoms with Crippen molar-refractivity contribution in [1.29, 1.82) is 0 Å². The molecule has 0 amide bonds. The fourth-order valence-corrected chi connectivity index (χ4v) is 2.21. The standard InChI is InChI=1S/C14H20ClNO/c1-9(10(2)16-12-5-6-12)11-4-7-13(15)14(8-11)17-3/h4,7-10,12,16H,5-6H2,1-3H3. The van der Waals surface area contributed by atoms with Crippen LogP contribution in [-0.4, -0.2) is 19.2 Å². The second kappa shape index (κ2) is 5.28. The highest BCUT2D eigenvalue weighted by molar-refractivity contribution is 6.32. The van der Waals surface area contributed by atoms with E-state index in [1.807, 2.05) is 12.1 Å². The third-order valence-electron chi connectivity index (χ3n) is 3.53. The van der Waals surface area contributed by atoms with Crippen LogP contribution in [0.25, 0.3) is 0 Å². The lowest BCUT2D eigenvalue weighted by Gasteiger charge is -2.22. The third-order valence-corrected chi connectivity index (χ3v) is 3.84. The second-order valence-electron chi connectivity index (χ2n) is 4.91. The summed E-state index contributed by atoms with van der Waals surface area (Å²) >= 11 is 6.03. The molecule has 1 aliphatic carbocycles. The minimum Gasteiger partial charge on any atom is -0.495 e. The monoisotopic (exact) mass is 253 g/mol. The Balaban J connectivity index is 2.08. The highest BCUT2D eigenvalue weighted by Crippen LogP contribution is 2.30. The molecule has 0 bridgehead atoms. The van der Waals surface area contributed by atoms with Crippen LogP contribution >= 0.6 is 11.6 Å². The van der Waals surface area contributed by atoms with Gasteiger partial charge >= 0.3 is 0 Å². The zero-order valence-electron chi connectivity index (χ0n) is 10.7. The average Bonchev–Trinajstić information content (AvgIpc) is 3.12. The summed E-state index contributed by atoms with van der Waals surface area (Å²) in [5, 5.41) is 4.30. The molecule has 2 nitrogen and oxygen atoms in total. The molecule has 1 aliphatic rings. The van der Waals surface area contributed by atoms with E-state index in [-0.39, 0.29) is 0 Å². The van der Waals surface area contributed by atoms with Gasteiger partial charge in [0.1, 0.15) is 5.75 Å². The zero-order valence-corrected chi connectivity index (χ0v) is 11.4. The summed E-state index contributed by atoms with van der Waals surface area (Å²) in [4.78, 5) is 0. The summed E-state index contributed by atoms with van der Waals surface area (Å²) in [7, 11) is 1.65. The van der Waals surface area contributed by atoms with Crippen LogP contribution in [0.1, 0.15) is 38.2 Å². The number of nitrogens with one attached hydrogen (secondary N) is 1. The van der Waals surface area contributed by atoms with E-state index in [1.165, 1.54) is 18.4 Å². The van der Waals surface area contributed by atoms with Crippen LogP contribution in [0.15, 0.2) is 18.2 Å². The van der Waals surface area contributed by atoms with Crippen molar-refractivity contribution in [1.82, 2.24) is 5.32 Å². The molecular formula is C14H20ClNO. The van der Waals surface area contributed by atoms with Crippen LogP contribution < -0.4 is 10.1 Å². The molecule has 1 saturated carbocycles. The Morgan fingerprint density at radius 2 is 2.06 bits per heavy atom. The summed E-state index contributed by atoms with van der Waals surface area (Å²) in [6.45, 7) is 4.48. The molecule has 1 fully saturated rings. The van der Waals surface area contributed by atoms with E-state index in [1.54, 1.807) is 7.11 Å². The first kappa shape index (κ1) is 12.7. The van der Waals surface area contributed by atoms with Crippen LogP contribution in [0.3, 0.4) is 0 Å². The first-order chi connectivity index (χ1) is 8.11. The van der Waals surface area contributed by atoms with Gasteiger partial charge in [-0.15, -0.1) is 0 Å². The summed E-state index contributed by atoms with van der Waals surface area (Å²) in [6.07, 6.45) is 2.64. The van der Waals surface area contributed by atoms with E-state index in [9.17, 15) is 0 Å². The van der Waals surface area contributed by atoms with E-state index in [0.717, 1.165) is 11.8 Å². The zero-order chi connectivity index (χ0) is 12.4. The minimum atomic E-state index is 0.460. The van der Waals surface area contributed by atoms with E-state index < -0.39 is 0 Å². The van der Waals surface area contributed by atoms with Gasteiger partial charge in [0, 0.05) is 12.1 Å². The predicted octanol–water partition coefficient (Wildman–Crippen LogP) is 3.59. The highest BCUT2D eigenvalue weighted by Gasteiger charge is 2.25. The minimum absolute atomic E-state index is 0.460. The van der Waals surface area contributed by atoms with E-state index in [4.69, 9.17) is 16.3 Å². The van der Waals surface area contributed by atoms with Gasteiger partial charge in [-0.2, -0.15) is 0 Å². The molecule has 3 heteroatoms. The Morgan fingerprint density at radius 1 is 1.35 bits per heavy atom. The molecule has 1 aromatic carbocycles. The smallest absolute Gasteiger partial charge is 0.137 e. The van der Waals surface area contributed by atoms with E-state index in [0.29, 0.717) is 17.0 Å². The van der Waals surface area contributed by atoms with Crippen LogP contribution in [0.5, 0.6) is 5.75 Å². The SMILES string of the molecule is COc1cc(C(C)C(C)NC2CC2)ccc1Cl. The Hall–Kier alpha value is -0.730. The Bertz CT molecular complexity index is 390. The lowest BCUT2D eigenvalue weighted by atomic mass is 9.94. The summed E-state index contributed by atoms with van der Waals surface area (Å²) in [5.41, 5.74) is 1.27. The van der Waals surface area contributed by atoms with Crippen LogP contribution in [0.4, 0.5) is 0 Å². The largest absolute Gasteiger partial charge is 0.495 e. The molecule has 0 spiro atoms. The van der Waals surface area contributed by atoms with Gasteiger partial charge in [0.05, 0.1) is 12.1 Å². The molecule has 2 unspecified atom stereocenters. The molecule has 17 heavy (non-hydrogen) atoms. The Labute approximate surface area is 108 Å². The normalized spacial score (nSPS) is 18.8. The van der Waals surface area contributed by atoms with Crippen molar-refractivity contribution in [2.45, 2.75) is 44.7 Å². The number of halogens is 1. The maximum Gasteiger partial charge on any atom is 0.137 e. The Morgan fingerprint density at radius 3 is 2.65 bits per heavy atom. The van der Waals surface area contributed by atoms with E-state index in [2.05, 4.69) is 25.2 Å². The Kier molecular flexibility index (Phi) is 3.95. The fraction of sp³-hybridized carbons (Fsp3) is 0.571. The molecule has 2 atom stereocenters. The summed E-state index contributed by atoms with van der Waals surface area (Å²) in [6, 6.07) is 7.25. The summed E-state index contributed by atoms with van der Waals surface area (Å²) in [5.74, 6) is 1.22. The molecule has 0 radical (unpaired) electrons. The van der Waals surface area contributed by atoms with Gasteiger partial charge in [0.25, 0.3) is 0 Å². The van der Waals surface area contributed by atoms with Crippen LogP contribution in [0.2, 0.25) is 5.02 Å². The molecule has 0 aromatic heterocycles. The van der Waals surface area contributed by atoms with Gasteiger partial charge in [0.2, 0.25) is 0 Å². The number of methoxy groups -OCH3 is 1. The predicted molar refractivity (Wildman–Crippen MR) is 72.0 cm³/mol. The molecule has 2 rings (SSSR count). The number of ether oxygens (including phenoxy) is 1. The van der Waals surface area contributed by atoms with Gasteiger partial charge < -0.3 is 10.1 Å². The molecular weight excluding hydrogens is 234 g/mol. The quantitative estimate of drug-likeness (QED) is 0.866. The lowest BCUT2D eigenvalue weighted by molar-refractivity contribution is 0.412. The van der Waals surface area contributed by atoms with E-state index >= 15 is 0 Å². The molecule has 0 aliphatic heterocycles. The molecule has 94 valence electrons. The number of hydrogen-bond donors (Lipinski definition) is 1. The number of benzene rings is 1. The van der Waals surface area contributed by atoms with Gasteiger partial charge in [-0.05, 0) is 43.4 Å². The summed E-state index contributed by atoms with van der Waals surface area (Å²) < 4.78 is 5.26. The van der Waals surface area contributed by atoms with Crippen molar-refractivity contribution < 1.29 is 4.74 Å². The first-order valence-corrected chi connectivity index (χ1v) is 6.59. The van der Waals surface area contributed by atoms with Crippen molar-refractivity contribution in [3.8, 4) is 5.75 Å². The number of hydrogen-bond acceptors (Lipinski definition) is 2. The van der Waals surface area contributed by atoms with Gasteiger partial charge in [-0.25, -0.2) is 0 Å². The molecule has 0 heterocycles. The van der Waals surface area contributed by atoms with Crippen molar-refractivity contribution in [3.63, 3.8) is 0 Å². The lowest BCUT2D eigenvalue weighted by Crippen LogP contribution is -2.32. The number of rotatable bonds is 5.